The molecule has 7 heteroatoms. The Balaban J connectivity index is 1.43. The molecule has 2 aliphatic heterocycles. The Morgan fingerprint density at radius 2 is 1.94 bits per heavy atom. The molecule has 2 aliphatic carbocycles. The van der Waals surface area contributed by atoms with Crippen molar-refractivity contribution in [1.82, 2.24) is 4.90 Å². The summed E-state index contributed by atoms with van der Waals surface area (Å²) < 4.78 is 11.8. The van der Waals surface area contributed by atoms with Crippen molar-refractivity contribution < 1.29 is 23.9 Å². The molecule has 0 N–H and O–H groups in total. The van der Waals surface area contributed by atoms with Gasteiger partial charge in [-0.25, -0.2) is 9.69 Å². The molecule has 1 saturated carbocycles. The van der Waals surface area contributed by atoms with Crippen LogP contribution in [0.5, 0.6) is 0 Å². The third-order valence-corrected chi connectivity index (χ3v) is 8.73. The lowest BCUT2D eigenvalue weighted by molar-refractivity contribution is -0.122. The summed E-state index contributed by atoms with van der Waals surface area (Å²) in [5, 5.41) is 0. The number of esters is 1. The number of amides is 2. The van der Waals surface area contributed by atoms with Crippen LogP contribution in [-0.2, 0) is 19.1 Å². The van der Waals surface area contributed by atoms with E-state index in [4.69, 9.17) is 9.47 Å². The lowest BCUT2D eigenvalue weighted by atomic mass is 9.52. The first kappa shape index (κ1) is 24.2. The molecule has 1 aromatic rings. The molecule has 1 unspecified atom stereocenters. The van der Waals surface area contributed by atoms with Crippen LogP contribution in [0.4, 0.5) is 5.69 Å². The van der Waals surface area contributed by atoms with E-state index in [1.807, 2.05) is 0 Å². The quantitative estimate of drug-likeness (QED) is 0.348. The van der Waals surface area contributed by atoms with E-state index >= 15 is 0 Å². The van der Waals surface area contributed by atoms with Crippen LogP contribution in [0.15, 0.2) is 35.9 Å². The largest absolute Gasteiger partial charge is 0.461 e. The van der Waals surface area contributed by atoms with Crippen LogP contribution in [0.25, 0.3) is 0 Å². The highest BCUT2D eigenvalue weighted by Gasteiger charge is 2.56. The third-order valence-electron chi connectivity index (χ3n) is 8.73. The monoisotopic (exact) mass is 480 g/mol. The van der Waals surface area contributed by atoms with E-state index < -0.39 is 5.97 Å². The highest BCUT2D eigenvalue weighted by molar-refractivity contribution is 6.22. The molecule has 0 aromatic heterocycles. The van der Waals surface area contributed by atoms with Crippen molar-refractivity contribution in [2.24, 2.45) is 16.7 Å². The molecule has 7 nitrogen and oxygen atoms in total. The van der Waals surface area contributed by atoms with Gasteiger partial charge in [0.25, 0.3) is 0 Å². The van der Waals surface area contributed by atoms with Gasteiger partial charge in [-0.05, 0) is 44.4 Å². The molecule has 0 spiro atoms. The van der Waals surface area contributed by atoms with Crippen LogP contribution < -0.4 is 4.90 Å². The number of likely N-dealkylation sites (tertiary alicyclic amines) is 1. The number of hydrogen-bond acceptors (Lipinski definition) is 6. The Labute approximate surface area is 207 Å². The van der Waals surface area contributed by atoms with Gasteiger partial charge in [-0.1, -0.05) is 44.1 Å². The minimum absolute atomic E-state index is 0.106. The Kier molecular flexibility index (Phi) is 6.34. The topological polar surface area (TPSA) is 76.2 Å². The molecule has 4 aliphatic rings. The van der Waals surface area contributed by atoms with E-state index in [2.05, 4.69) is 17.9 Å². The maximum atomic E-state index is 13.4. The second-order valence-electron chi connectivity index (χ2n) is 10.9. The molecule has 2 heterocycles. The number of imide groups is 1. The van der Waals surface area contributed by atoms with Crippen molar-refractivity contribution in [3.05, 3.63) is 41.5 Å². The van der Waals surface area contributed by atoms with Crippen LogP contribution in [0.3, 0.4) is 0 Å². The number of benzene rings is 1. The van der Waals surface area contributed by atoms with E-state index in [9.17, 15) is 14.4 Å². The van der Waals surface area contributed by atoms with Gasteiger partial charge in [-0.3, -0.25) is 9.59 Å². The number of para-hydroxylation sites is 1. The zero-order valence-corrected chi connectivity index (χ0v) is 21.0. The average molecular weight is 481 g/mol. The number of nitrogens with zero attached hydrogens (tertiary/aromatic N) is 2. The summed E-state index contributed by atoms with van der Waals surface area (Å²) in [4.78, 5) is 42.3. The average Bonchev–Trinajstić information content (AvgIpc) is 3.12. The minimum Gasteiger partial charge on any atom is -0.461 e. The zero-order valence-electron chi connectivity index (χ0n) is 21.0. The summed E-state index contributed by atoms with van der Waals surface area (Å²) in [5.74, 6) is -1.41. The number of methoxy groups -OCH3 is 1. The molecular weight excluding hydrogens is 444 g/mol. The lowest BCUT2D eigenvalue weighted by Crippen LogP contribution is -2.59. The highest BCUT2D eigenvalue weighted by Crippen LogP contribution is 2.59. The first-order chi connectivity index (χ1) is 16.8. The number of carbonyl (C=O) groups is 3. The number of rotatable bonds is 6. The summed E-state index contributed by atoms with van der Waals surface area (Å²) >= 11 is 0. The molecule has 2 saturated heterocycles. The van der Waals surface area contributed by atoms with Gasteiger partial charge >= 0.3 is 5.97 Å². The number of hydrogen-bond donors (Lipinski definition) is 0. The maximum absolute atomic E-state index is 13.4. The Hall–Kier alpha value is -2.51. The van der Waals surface area contributed by atoms with Gasteiger partial charge in [0.2, 0.25) is 11.8 Å². The normalized spacial score (nSPS) is 32.9. The molecule has 2 bridgehead atoms. The summed E-state index contributed by atoms with van der Waals surface area (Å²) in [6, 6.07) is 6.78. The van der Waals surface area contributed by atoms with Crippen LogP contribution in [0, 0.1) is 16.7 Å². The summed E-state index contributed by atoms with van der Waals surface area (Å²) in [7, 11) is 1.77. The second kappa shape index (κ2) is 9.17. The summed E-state index contributed by atoms with van der Waals surface area (Å²) in [6.45, 7) is 7.12. The van der Waals surface area contributed by atoms with Crippen molar-refractivity contribution in [2.45, 2.75) is 58.5 Å². The first-order valence-electron chi connectivity index (χ1n) is 12.9. The molecule has 0 radical (unpaired) electrons. The summed E-state index contributed by atoms with van der Waals surface area (Å²) in [5.41, 5.74) is 1.90. The Morgan fingerprint density at radius 3 is 2.66 bits per heavy atom. The standard InChI is InChI=1S/C28H36N2O5/c1-4-29-16-27-11-7-12-28(17-29,23(27)15-20(34-3)10-13-27)18-35-26(33)21-8-5-6-9-22(21)30-24(31)14-19(2)25(30)32/h5-6,8-9,15,19-20H,4,7,10-14,16-18H2,1-3H3/t19-,20?,27+,28+/m0/s1. The van der Waals surface area contributed by atoms with Crippen molar-refractivity contribution in [2.75, 3.05) is 38.3 Å². The predicted octanol–water partition coefficient (Wildman–Crippen LogP) is 3.97. The molecule has 3 fully saturated rings. The fraction of sp³-hybridized carbons (Fsp3) is 0.607. The minimum atomic E-state index is -0.486. The SMILES string of the molecule is CCN1C[C@]23CCC[C@](COC(=O)c4ccccc4N4C(=O)C[C@H](C)C4=O)(C1)C2=CC(OC)CC3. The summed E-state index contributed by atoms with van der Waals surface area (Å²) in [6.07, 6.45) is 7.98. The molecular formula is C28H36N2O5. The highest BCUT2D eigenvalue weighted by atomic mass is 16.5. The van der Waals surface area contributed by atoms with Crippen LogP contribution in [0.1, 0.15) is 62.7 Å². The zero-order chi connectivity index (χ0) is 24.8. The molecule has 1 aromatic carbocycles. The van der Waals surface area contributed by atoms with Crippen molar-refractivity contribution in [3.8, 4) is 0 Å². The van der Waals surface area contributed by atoms with Gasteiger partial charge in [0, 0.05) is 43.4 Å². The van der Waals surface area contributed by atoms with E-state index in [-0.39, 0.29) is 46.7 Å². The molecule has 35 heavy (non-hydrogen) atoms. The van der Waals surface area contributed by atoms with Gasteiger partial charge in [0.05, 0.1) is 17.4 Å². The number of ether oxygens (including phenoxy) is 2. The first-order valence-corrected chi connectivity index (χ1v) is 12.9. The van der Waals surface area contributed by atoms with Crippen molar-refractivity contribution in [3.63, 3.8) is 0 Å². The van der Waals surface area contributed by atoms with E-state index in [1.165, 1.54) is 12.0 Å². The fourth-order valence-corrected chi connectivity index (χ4v) is 6.98. The third kappa shape index (κ3) is 4.02. The molecule has 5 rings (SSSR count). The Morgan fingerprint density at radius 1 is 1.14 bits per heavy atom. The lowest BCUT2D eigenvalue weighted by Gasteiger charge is -2.59. The van der Waals surface area contributed by atoms with Gasteiger partial charge in [0.1, 0.15) is 6.61 Å². The molecule has 2 amide bonds. The molecule has 188 valence electrons. The number of carbonyl (C=O) groups excluding carboxylic acids is 3. The van der Waals surface area contributed by atoms with Gasteiger partial charge in [-0.2, -0.15) is 0 Å². The number of piperidine rings is 1. The molecule has 4 atom stereocenters. The number of anilines is 1. The van der Waals surface area contributed by atoms with Crippen LogP contribution in [-0.4, -0.2) is 62.1 Å². The maximum Gasteiger partial charge on any atom is 0.340 e. The van der Waals surface area contributed by atoms with Crippen molar-refractivity contribution in [1.29, 1.82) is 0 Å². The van der Waals surface area contributed by atoms with Crippen LogP contribution >= 0.6 is 0 Å². The van der Waals surface area contributed by atoms with Gasteiger partial charge < -0.3 is 14.4 Å². The van der Waals surface area contributed by atoms with E-state index in [0.29, 0.717) is 12.3 Å². The van der Waals surface area contributed by atoms with Gasteiger partial charge in [0.15, 0.2) is 0 Å². The van der Waals surface area contributed by atoms with E-state index in [0.717, 1.165) is 50.2 Å². The smallest absolute Gasteiger partial charge is 0.340 e. The fourth-order valence-electron chi connectivity index (χ4n) is 6.98. The van der Waals surface area contributed by atoms with Crippen molar-refractivity contribution >= 4 is 23.5 Å². The second-order valence-corrected chi connectivity index (χ2v) is 10.9. The van der Waals surface area contributed by atoms with Gasteiger partial charge in [-0.15, -0.1) is 0 Å². The predicted molar refractivity (Wildman–Crippen MR) is 132 cm³/mol. The van der Waals surface area contributed by atoms with Crippen LogP contribution in [0.2, 0.25) is 0 Å². The Bertz CT molecular complexity index is 1070. The van der Waals surface area contributed by atoms with E-state index in [1.54, 1.807) is 38.3 Å².